The zero-order valence-electron chi connectivity index (χ0n) is 11.2. The predicted octanol–water partition coefficient (Wildman–Crippen LogP) is 3.18. The van der Waals surface area contributed by atoms with Crippen molar-refractivity contribution >= 4 is 0 Å². The monoisotopic (exact) mass is 281 g/mol. The Labute approximate surface area is 116 Å². The Morgan fingerprint density at radius 2 is 2.15 bits per heavy atom. The minimum Gasteiger partial charge on any atom is -0.434 e. The number of nitrogens with zero attached hydrogens (tertiary/aromatic N) is 1. The van der Waals surface area contributed by atoms with Gasteiger partial charge in [0.15, 0.2) is 0 Å². The van der Waals surface area contributed by atoms with Crippen LogP contribution in [0.3, 0.4) is 0 Å². The first-order valence-electron chi connectivity index (χ1n) is 6.49. The minimum atomic E-state index is -2.85. The molecule has 1 aromatic carbocycles. The summed E-state index contributed by atoms with van der Waals surface area (Å²) in [6, 6.07) is 6.68. The number of halogens is 2. The standard InChI is InChI=1S/C14H17F2N3O/c1-2-7-17-8-10-9-18-19-13(10)11-5-3-4-6-12(11)20-14(15)16/h3-6,9,14,17H,2,7-8H2,1H3,(H,18,19). The van der Waals surface area contributed by atoms with Crippen molar-refractivity contribution in [3.05, 3.63) is 36.0 Å². The fraction of sp³-hybridized carbons (Fsp3) is 0.357. The van der Waals surface area contributed by atoms with Gasteiger partial charge in [-0.15, -0.1) is 0 Å². The molecule has 0 unspecified atom stereocenters. The molecule has 0 saturated heterocycles. The van der Waals surface area contributed by atoms with Crippen molar-refractivity contribution in [1.82, 2.24) is 15.5 Å². The second-order valence-corrected chi connectivity index (χ2v) is 4.32. The molecule has 1 heterocycles. The van der Waals surface area contributed by atoms with Crippen LogP contribution in [0.15, 0.2) is 30.5 Å². The summed E-state index contributed by atoms with van der Waals surface area (Å²) >= 11 is 0. The van der Waals surface area contributed by atoms with E-state index in [1.54, 1.807) is 24.4 Å². The Balaban J connectivity index is 2.25. The van der Waals surface area contributed by atoms with Gasteiger partial charge in [-0.25, -0.2) is 0 Å². The summed E-state index contributed by atoms with van der Waals surface area (Å²) in [7, 11) is 0. The van der Waals surface area contributed by atoms with Crippen LogP contribution in [0.5, 0.6) is 5.75 Å². The van der Waals surface area contributed by atoms with Crippen LogP contribution in [-0.4, -0.2) is 23.4 Å². The first-order chi connectivity index (χ1) is 9.72. The van der Waals surface area contributed by atoms with Gasteiger partial charge in [-0.1, -0.05) is 19.1 Å². The molecule has 20 heavy (non-hydrogen) atoms. The van der Waals surface area contributed by atoms with Gasteiger partial charge in [-0.3, -0.25) is 5.10 Å². The maximum atomic E-state index is 12.4. The number of aromatic nitrogens is 2. The van der Waals surface area contributed by atoms with Crippen LogP contribution >= 0.6 is 0 Å². The summed E-state index contributed by atoms with van der Waals surface area (Å²) in [5.74, 6) is 0.142. The quantitative estimate of drug-likeness (QED) is 0.766. The average molecular weight is 281 g/mol. The van der Waals surface area contributed by atoms with E-state index in [0.29, 0.717) is 17.8 Å². The van der Waals surface area contributed by atoms with E-state index in [1.165, 1.54) is 6.07 Å². The Morgan fingerprint density at radius 3 is 2.90 bits per heavy atom. The van der Waals surface area contributed by atoms with E-state index in [9.17, 15) is 8.78 Å². The molecule has 2 aromatic rings. The largest absolute Gasteiger partial charge is 0.434 e. The molecule has 6 heteroatoms. The van der Waals surface area contributed by atoms with Gasteiger partial charge < -0.3 is 10.1 Å². The van der Waals surface area contributed by atoms with Gasteiger partial charge in [0.2, 0.25) is 0 Å². The first kappa shape index (κ1) is 14.5. The van der Waals surface area contributed by atoms with Crippen molar-refractivity contribution in [2.45, 2.75) is 26.5 Å². The third-order valence-electron chi connectivity index (χ3n) is 2.83. The molecule has 0 amide bonds. The summed E-state index contributed by atoms with van der Waals surface area (Å²) in [4.78, 5) is 0. The summed E-state index contributed by atoms with van der Waals surface area (Å²) < 4.78 is 29.4. The molecule has 4 nitrogen and oxygen atoms in total. The molecule has 0 aliphatic carbocycles. The number of alkyl halides is 2. The molecular formula is C14H17F2N3O. The number of hydrogen-bond acceptors (Lipinski definition) is 3. The third-order valence-corrected chi connectivity index (χ3v) is 2.83. The van der Waals surface area contributed by atoms with Gasteiger partial charge >= 0.3 is 6.61 Å². The highest BCUT2D eigenvalue weighted by atomic mass is 19.3. The Bertz CT molecular complexity index is 543. The SMILES string of the molecule is CCCNCc1cn[nH]c1-c1ccccc1OC(F)F. The lowest BCUT2D eigenvalue weighted by Crippen LogP contribution is -2.14. The summed E-state index contributed by atoms with van der Waals surface area (Å²) in [6.45, 7) is 0.748. The highest BCUT2D eigenvalue weighted by molar-refractivity contribution is 5.69. The third kappa shape index (κ3) is 3.54. The van der Waals surface area contributed by atoms with Crippen LogP contribution in [0.1, 0.15) is 18.9 Å². The molecule has 0 atom stereocenters. The zero-order chi connectivity index (χ0) is 14.4. The van der Waals surface area contributed by atoms with Crippen molar-refractivity contribution in [1.29, 1.82) is 0 Å². The van der Waals surface area contributed by atoms with Crippen molar-refractivity contribution in [2.75, 3.05) is 6.54 Å². The number of hydrogen-bond donors (Lipinski definition) is 2. The normalized spacial score (nSPS) is 11.0. The van der Waals surface area contributed by atoms with Gasteiger partial charge in [-0.2, -0.15) is 13.9 Å². The molecule has 0 aliphatic rings. The van der Waals surface area contributed by atoms with E-state index < -0.39 is 6.61 Å². The van der Waals surface area contributed by atoms with Gasteiger partial charge in [-0.05, 0) is 25.1 Å². The van der Waals surface area contributed by atoms with Crippen LogP contribution in [-0.2, 0) is 6.54 Å². The van der Waals surface area contributed by atoms with Gasteiger partial charge in [0.1, 0.15) is 5.75 Å². The predicted molar refractivity (Wildman–Crippen MR) is 72.7 cm³/mol. The van der Waals surface area contributed by atoms with Crippen molar-refractivity contribution in [2.24, 2.45) is 0 Å². The fourth-order valence-electron chi connectivity index (χ4n) is 1.95. The smallest absolute Gasteiger partial charge is 0.387 e. The molecule has 1 aromatic heterocycles. The maximum Gasteiger partial charge on any atom is 0.387 e. The fourth-order valence-corrected chi connectivity index (χ4v) is 1.95. The Hall–Kier alpha value is -1.95. The van der Waals surface area contributed by atoms with Crippen LogP contribution in [0.4, 0.5) is 8.78 Å². The zero-order valence-corrected chi connectivity index (χ0v) is 11.2. The summed E-state index contributed by atoms with van der Waals surface area (Å²) in [5.41, 5.74) is 2.20. The molecule has 2 rings (SSSR count). The number of H-pyrrole nitrogens is 1. The average Bonchev–Trinajstić information content (AvgIpc) is 2.87. The molecule has 0 aliphatic heterocycles. The lowest BCUT2D eigenvalue weighted by molar-refractivity contribution is -0.0494. The number of nitrogens with one attached hydrogen (secondary N) is 2. The van der Waals surface area contributed by atoms with Crippen LogP contribution < -0.4 is 10.1 Å². The van der Waals surface area contributed by atoms with Crippen LogP contribution in [0, 0.1) is 0 Å². The number of aromatic amines is 1. The molecule has 0 fully saturated rings. The number of rotatable bonds is 7. The lowest BCUT2D eigenvalue weighted by Gasteiger charge is -2.11. The van der Waals surface area contributed by atoms with E-state index in [2.05, 4.69) is 27.2 Å². The number of para-hydroxylation sites is 1. The topological polar surface area (TPSA) is 49.9 Å². The molecule has 0 spiro atoms. The molecule has 108 valence electrons. The highest BCUT2D eigenvalue weighted by Gasteiger charge is 2.14. The highest BCUT2D eigenvalue weighted by Crippen LogP contribution is 2.31. The molecular weight excluding hydrogens is 264 g/mol. The molecule has 0 saturated carbocycles. The van der Waals surface area contributed by atoms with E-state index in [0.717, 1.165) is 18.5 Å². The van der Waals surface area contributed by atoms with E-state index >= 15 is 0 Å². The van der Waals surface area contributed by atoms with Crippen molar-refractivity contribution in [3.8, 4) is 17.0 Å². The molecule has 2 N–H and O–H groups in total. The van der Waals surface area contributed by atoms with Gasteiger partial charge in [0, 0.05) is 17.7 Å². The van der Waals surface area contributed by atoms with E-state index in [-0.39, 0.29) is 5.75 Å². The molecule has 0 radical (unpaired) electrons. The number of ether oxygens (including phenoxy) is 1. The van der Waals surface area contributed by atoms with Crippen LogP contribution in [0.2, 0.25) is 0 Å². The number of benzene rings is 1. The van der Waals surface area contributed by atoms with Crippen molar-refractivity contribution < 1.29 is 13.5 Å². The Kier molecular flexibility index (Phi) is 5.06. The van der Waals surface area contributed by atoms with Gasteiger partial charge in [0.25, 0.3) is 0 Å². The second-order valence-electron chi connectivity index (χ2n) is 4.32. The summed E-state index contributed by atoms with van der Waals surface area (Å²) in [6.07, 6.45) is 2.72. The second kappa shape index (κ2) is 7.00. The maximum absolute atomic E-state index is 12.4. The van der Waals surface area contributed by atoms with Crippen molar-refractivity contribution in [3.63, 3.8) is 0 Å². The minimum absolute atomic E-state index is 0.142. The van der Waals surface area contributed by atoms with E-state index in [4.69, 9.17) is 0 Å². The van der Waals surface area contributed by atoms with Crippen LogP contribution in [0.25, 0.3) is 11.3 Å². The summed E-state index contributed by atoms with van der Waals surface area (Å²) in [5, 5.41) is 10.1. The van der Waals surface area contributed by atoms with Gasteiger partial charge in [0.05, 0.1) is 11.9 Å². The molecule has 0 bridgehead atoms. The lowest BCUT2D eigenvalue weighted by atomic mass is 10.1. The first-order valence-corrected chi connectivity index (χ1v) is 6.49. The van der Waals surface area contributed by atoms with E-state index in [1.807, 2.05) is 0 Å². The Morgan fingerprint density at radius 1 is 1.35 bits per heavy atom.